The van der Waals surface area contributed by atoms with Gasteiger partial charge in [-0.2, -0.15) is 0 Å². The van der Waals surface area contributed by atoms with E-state index in [0.29, 0.717) is 0 Å². The van der Waals surface area contributed by atoms with Gasteiger partial charge in [-0.25, -0.2) is 0 Å². The molecule has 0 atom stereocenters. The summed E-state index contributed by atoms with van der Waals surface area (Å²) in [7, 11) is -3.67. The van der Waals surface area contributed by atoms with Gasteiger partial charge >= 0.3 is 7.54 Å². The second-order valence-electron chi connectivity index (χ2n) is 1.56. The lowest BCUT2D eigenvalue weighted by Gasteiger charge is -1.98. The summed E-state index contributed by atoms with van der Waals surface area (Å²) >= 11 is 0. The molecule has 0 aliphatic rings. The van der Waals surface area contributed by atoms with E-state index in [2.05, 4.69) is 0 Å². The van der Waals surface area contributed by atoms with Crippen LogP contribution in [-0.4, -0.2) is 7.54 Å². The maximum atomic E-state index is 10.3. The van der Waals surface area contributed by atoms with Gasteiger partial charge in [-0.3, -0.25) is 12.9 Å². The van der Waals surface area contributed by atoms with Crippen molar-refractivity contribution in [2.75, 3.05) is 0 Å². The maximum Gasteiger partial charge on any atom is 0.762 e. The van der Waals surface area contributed by atoms with Crippen molar-refractivity contribution in [2.45, 2.75) is 0 Å². The average molecular weight is 161 g/mol. The first-order valence-corrected chi connectivity index (χ1v) is 2.77. The quantitative estimate of drug-likeness (QED) is 0.530. The minimum Gasteiger partial charge on any atom is -0.872 e. The van der Waals surface area contributed by atoms with E-state index in [4.69, 9.17) is 0 Å². The molecule has 0 fully saturated rings. The minimum atomic E-state index is -3.67. The monoisotopic (exact) mass is 161 g/mol. The van der Waals surface area contributed by atoms with Crippen molar-refractivity contribution in [3.8, 4) is 5.75 Å². The van der Waals surface area contributed by atoms with Crippen LogP contribution in [0.25, 0.3) is 0 Å². The van der Waals surface area contributed by atoms with Crippen LogP contribution in [0.5, 0.6) is 5.75 Å². The van der Waals surface area contributed by atoms with Gasteiger partial charge in [-0.05, 0) is 0 Å². The summed E-state index contributed by atoms with van der Waals surface area (Å²) in [6.45, 7) is 0. The molecule has 0 aromatic heterocycles. The Bertz CT molecular complexity index is 178. The molecule has 1 nitrogen and oxygen atoms in total. The summed E-state index contributed by atoms with van der Waals surface area (Å²) in [6.07, 6.45) is 0. The van der Waals surface area contributed by atoms with Gasteiger partial charge in [0.05, 0.1) is 0 Å². The third-order valence-corrected chi connectivity index (χ3v) is 0.743. The Kier molecular flexibility index (Phi) is 5.07. The number of hydrogen-bond acceptors (Lipinski definition) is 1. The maximum absolute atomic E-state index is 10.3. The lowest BCUT2D eigenvalue weighted by molar-refractivity contribution is -0.268. The van der Waals surface area contributed by atoms with Crippen LogP contribution in [0.1, 0.15) is 0 Å². The Morgan fingerprint density at radius 1 is 1.00 bits per heavy atom. The van der Waals surface area contributed by atoms with Crippen molar-refractivity contribution >= 4 is 7.54 Å². The highest BCUT2D eigenvalue weighted by Gasteiger charge is 2.06. The summed E-state index contributed by atoms with van der Waals surface area (Å²) < 4.78 is 29.0. The number of hydrogen-bond donors (Lipinski definition) is 0. The van der Waals surface area contributed by atoms with Crippen LogP contribution >= 0.6 is 0 Å². The molecule has 0 unspecified atom stereocenters. The fraction of sp³-hybridized carbons (Fsp3) is 0. The minimum absolute atomic E-state index is 0.0718. The van der Waals surface area contributed by atoms with Gasteiger partial charge < -0.3 is 5.11 Å². The molecule has 1 aromatic rings. The van der Waals surface area contributed by atoms with Crippen molar-refractivity contribution in [1.29, 1.82) is 0 Å². The standard InChI is InChI=1S/C6H6O.BF3/c7-6-4-2-1-3-5-6;2-1(3)4/h1-5,7H;/p-1. The van der Waals surface area contributed by atoms with E-state index in [1.54, 1.807) is 12.1 Å². The van der Waals surface area contributed by atoms with Crippen LogP contribution in [-0.2, 0) is 0 Å². The van der Waals surface area contributed by atoms with Crippen molar-refractivity contribution in [3.63, 3.8) is 0 Å². The molecule has 0 aliphatic carbocycles. The molecular weight excluding hydrogens is 156 g/mol. The largest absolute Gasteiger partial charge is 0.872 e. The topological polar surface area (TPSA) is 23.1 Å². The van der Waals surface area contributed by atoms with Gasteiger partial charge in [0.1, 0.15) is 0 Å². The number of para-hydroxylation sites is 1. The molecule has 60 valence electrons. The normalized spacial score (nSPS) is 7.91. The molecule has 0 bridgehead atoms. The highest BCUT2D eigenvalue weighted by atomic mass is 19.4. The highest BCUT2D eigenvalue weighted by molar-refractivity contribution is 6.33. The summed E-state index contributed by atoms with van der Waals surface area (Å²) in [6, 6.07) is 8.33. The summed E-state index contributed by atoms with van der Waals surface area (Å²) in [5.74, 6) is 0.0718. The van der Waals surface area contributed by atoms with E-state index < -0.39 is 7.54 Å². The van der Waals surface area contributed by atoms with Crippen molar-refractivity contribution < 1.29 is 18.1 Å². The molecule has 0 saturated heterocycles. The smallest absolute Gasteiger partial charge is 0.762 e. The van der Waals surface area contributed by atoms with Crippen LogP contribution in [0.15, 0.2) is 30.3 Å². The van der Waals surface area contributed by atoms with E-state index in [9.17, 15) is 18.1 Å². The first-order chi connectivity index (χ1) is 5.13. The second kappa shape index (κ2) is 5.64. The van der Waals surface area contributed by atoms with E-state index in [1.165, 1.54) is 12.1 Å². The summed E-state index contributed by atoms with van der Waals surface area (Å²) in [5.41, 5.74) is 0. The van der Waals surface area contributed by atoms with E-state index in [1.807, 2.05) is 6.07 Å². The van der Waals surface area contributed by atoms with Crippen molar-refractivity contribution in [2.24, 2.45) is 0 Å². The molecule has 1 rings (SSSR count). The molecule has 0 saturated carbocycles. The third kappa shape index (κ3) is 8.87. The second-order valence-corrected chi connectivity index (χ2v) is 1.56. The number of rotatable bonds is 0. The lowest BCUT2D eigenvalue weighted by Crippen LogP contribution is -1.85. The molecule has 0 aliphatic heterocycles. The first-order valence-electron chi connectivity index (χ1n) is 2.77. The van der Waals surface area contributed by atoms with Gasteiger partial charge in [0.15, 0.2) is 0 Å². The van der Waals surface area contributed by atoms with E-state index >= 15 is 0 Å². The Morgan fingerprint density at radius 2 is 1.36 bits per heavy atom. The van der Waals surface area contributed by atoms with Gasteiger partial charge in [0.2, 0.25) is 0 Å². The van der Waals surface area contributed by atoms with Crippen LogP contribution in [0, 0.1) is 0 Å². The van der Waals surface area contributed by atoms with Gasteiger partial charge in [-0.1, -0.05) is 30.3 Å². The molecule has 0 heterocycles. The van der Waals surface area contributed by atoms with Crippen molar-refractivity contribution in [1.82, 2.24) is 0 Å². The Labute approximate surface area is 62.7 Å². The zero-order valence-corrected chi connectivity index (χ0v) is 5.51. The molecule has 0 amide bonds. The zero-order chi connectivity index (χ0) is 8.69. The Morgan fingerprint density at radius 3 is 1.55 bits per heavy atom. The SMILES string of the molecule is FB(F)F.[O-]c1ccccc1. The molecule has 11 heavy (non-hydrogen) atoms. The molecule has 5 heteroatoms. The van der Waals surface area contributed by atoms with E-state index in [-0.39, 0.29) is 5.75 Å². The van der Waals surface area contributed by atoms with E-state index in [0.717, 1.165) is 0 Å². The Balaban J connectivity index is 0.000000218. The Hall–Kier alpha value is -1.13. The lowest BCUT2D eigenvalue weighted by atomic mass is 10.3. The van der Waals surface area contributed by atoms with Gasteiger partial charge in [-0.15, -0.1) is 5.75 Å². The van der Waals surface area contributed by atoms with Crippen LogP contribution in [0.2, 0.25) is 0 Å². The summed E-state index contributed by atoms with van der Waals surface area (Å²) in [5, 5.41) is 10.3. The number of benzene rings is 1. The first kappa shape index (κ1) is 9.87. The zero-order valence-electron chi connectivity index (χ0n) is 5.51. The molecule has 1 aromatic carbocycles. The molecule has 0 spiro atoms. The average Bonchev–Trinajstić information content (AvgIpc) is 1.87. The highest BCUT2D eigenvalue weighted by Crippen LogP contribution is 1.98. The number of halogens is 3. The molecular formula is C6H5BF3O-. The predicted octanol–water partition coefficient (Wildman–Crippen LogP) is 1.64. The summed E-state index contributed by atoms with van der Waals surface area (Å²) in [4.78, 5) is 0. The molecule has 0 radical (unpaired) electrons. The van der Waals surface area contributed by atoms with Crippen molar-refractivity contribution in [3.05, 3.63) is 30.3 Å². The predicted molar refractivity (Wildman–Crippen MR) is 35.0 cm³/mol. The van der Waals surface area contributed by atoms with Crippen LogP contribution in [0.3, 0.4) is 0 Å². The molecule has 0 N–H and O–H groups in total. The third-order valence-electron chi connectivity index (χ3n) is 0.743. The van der Waals surface area contributed by atoms with Gasteiger partial charge in [0, 0.05) is 0 Å². The van der Waals surface area contributed by atoms with Crippen LogP contribution in [0.4, 0.5) is 12.9 Å². The van der Waals surface area contributed by atoms with Gasteiger partial charge in [0.25, 0.3) is 0 Å². The van der Waals surface area contributed by atoms with Crippen LogP contribution < -0.4 is 5.11 Å². The fourth-order valence-electron chi connectivity index (χ4n) is 0.420. The fourth-order valence-corrected chi connectivity index (χ4v) is 0.420.